The lowest BCUT2D eigenvalue weighted by Crippen LogP contribution is -2.54. The molecule has 1 aliphatic rings. The molecule has 0 aromatic heterocycles. The van der Waals surface area contributed by atoms with Crippen LogP contribution in [0, 0.1) is 20.2 Å². The number of allylic oxidation sites excluding steroid dienone is 1. The second-order valence-corrected chi connectivity index (χ2v) is 4.80. The molecule has 0 spiro atoms. The molecule has 1 N–H and O–H groups in total. The average Bonchev–Trinajstić information content (AvgIpc) is 2.36. The van der Waals surface area contributed by atoms with Crippen molar-refractivity contribution in [3.05, 3.63) is 31.6 Å². The van der Waals surface area contributed by atoms with Crippen molar-refractivity contribution < 1.29 is 29.0 Å². The number of rotatable bonds is 7. The van der Waals surface area contributed by atoms with E-state index in [4.69, 9.17) is 0 Å². The van der Waals surface area contributed by atoms with E-state index in [2.05, 4.69) is 10.1 Å². The van der Waals surface area contributed by atoms with Crippen LogP contribution >= 0.6 is 0 Å². The Morgan fingerprint density at radius 1 is 1.30 bits per heavy atom. The van der Waals surface area contributed by atoms with Crippen molar-refractivity contribution in [2.75, 3.05) is 6.61 Å². The second kappa shape index (κ2) is 7.42. The van der Waals surface area contributed by atoms with Crippen molar-refractivity contribution in [3.63, 3.8) is 0 Å². The van der Waals surface area contributed by atoms with Crippen LogP contribution in [0.1, 0.15) is 26.7 Å². The molecule has 0 aliphatic carbocycles. The zero-order valence-electron chi connectivity index (χ0n) is 12.4. The van der Waals surface area contributed by atoms with Gasteiger partial charge in [-0.05, 0) is 13.8 Å². The molecule has 0 radical (unpaired) electrons. The third-order valence-corrected chi connectivity index (χ3v) is 3.14. The fraction of sp³-hybridized carbons (Fsp3) is 0.583. The Kier molecular flexibility index (Phi) is 5.87. The van der Waals surface area contributed by atoms with Crippen LogP contribution in [-0.2, 0) is 19.1 Å². The number of Topliss-reactive ketones (excluding diaryl/α,β-unsaturated/α-hetero) is 2. The lowest BCUT2D eigenvalue weighted by molar-refractivity contribution is -0.515. The van der Waals surface area contributed by atoms with E-state index in [9.17, 15) is 34.6 Å². The van der Waals surface area contributed by atoms with E-state index in [1.807, 2.05) is 0 Å². The van der Waals surface area contributed by atoms with Gasteiger partial charge in [0, 0.05) is 11.3 Å². The minimum Gasteiger partial charge on any atom is -0.466 e. The zero-order chi connectivity index (χ0) is 17.7. The smallest absolute Gasteiger partial charge is 0.337 e. The van der Waals surface area contributed by atoms with Crippen LogP contribution in [0.4, 0.5) is 0 Å². The van der Waals surface area contributed by atoms with Crippen molar-refractivity contribution >= 4 is 17.5 Å². The van der Waals surface area contributed by atoms with Crippen LogP contribution in [0.25, 0.3) is 0 Å². The van der Waals surface area contributed by atoms with Crippen LogP contribution < -0.4 is 5.32 Å². The Morgan fingerprint density at radius 2 is 1.91 bits per heavy atom. The summed E-state index contributed by atoms with van der Waals surface area (Å²) in [5, 5.41) is 24.3. The Bertz CT molecular complexity index is 597. The first-order chi connectivity index (χ1) is 10.7. The fourth-order valence-electron chi connectivity index (χ4n) is 2.26. The number of nitrogens with one attached hydrogen (secondary N) is 1. The van der Waals surface area contributed by atoms with Gasteiger partial charge in [0.05, 0.1) is 17.2 Å². The largest absolute Gasteiger partial charge is 0.466 e. The highest BCUT2D eigenvalue weighted by Gasteiger charge is 2.50. The Labute approximate surface area is 130 Å². The number of hydrogen-bond donors (Lipinski definition) is 1. The van der Waals surface area contributed by atoms with Gasteiger partial charge in [0.25, 0.3) is 0 Å². The molecule has 0 unspecified atom stereocenters. The van der Waals surface area contributed by atoms with Crippen molar-refractivity contribution in [3.8, 4) is 0 Å². The first-order valence-corrected chi connectivity index (χ1v) is 6.65. The zero-order valence-corrected chi connectivity index (χ0v) is 12.4. The predicted octanol–water partition coefficient (Wildman–Crippen LogP) is -0.407. The summed E-state index contributed by atoms with van der Waals surface area (Å²) in [7, 11) is 0. The number of carbonyl (C=O) groups excluding carboxylic acids is 3. The minimum atomic E-state index is -1.97. The first kappa shape index (κ1) is 18.2. The maximum absolute atomic E-state index is 12.0. The Morgan fingerprint density at radius 3 is 2.39 bits per heavy atom. The molecule has 126 valence electrons. The SMILES string of the molecule is CCOC(=O)CC(=O)C[C@H]1NC(C)=C([N+](=O)[O-])C(=O)[C@@H]1[N+](=O)[O-]. The molecule has 0 bridgehead atoms. The van der Waals surface area contributed by atoms with E-state index in [-0.39, 0.29) is 12.3 Å². The van der Waals surface area contributed by atoms with Gasteiger partial charge in [-0.3, -0.25) is 34.6 Å². The molecule has 1 aliphatic heterocycles. The second-order valence-electron chi connectivity index (χ2n) is 4.80. The molecular formula is C12H15N3O8. The summed E-state index contributed by atoms with van der Waals surface area (Å²) in [6, 6.07) is -3.23. The maximum atomic E-state index is 12.0. The summed E-state index contributed by atoms with van der Waals surface area (Å²) in [6.45, 7) is 2.85. The fourth-order valence-corrected chi connectivity index (χ4v) is 2.26. The van der Waals surface area contributed by atoms with Crippen LogP contribution in [0.15, 0.2) is 11.4 Å². The van der Waals surface area contributed by atoms with Gasteiger partial charge in [0.15, 0.2) is 0 Å². The molecular weight excluding hydrogens is 314 g/mol. The van der Waals surface area contributed by atoms with E-state index < -0.39 is 58.0 Å². The molecule has 11 nitrogen and oxygen atoms in total. The summed E-state index contributed by atoms with van der Waals surface area (Å²) < 4.78 is 4.59. The summed E-state index contributed by atoms with van der Waals surface area (Å²) >= 11 is 0. The molecule has 0 aromatic rings. The quantitative estimate of drug-likeness (QED) is 0.283. The van der Waals surface area contributed by atoms with Gasteiger partial charge in [0.1, 0.15) is 18.2 Å². The number of hydrogen-bond acceptors (Lipinski definition) is 9. The highest BCUT2D eigenvalue weighted by Crippen LogP contribution is 2.20. The molecule has 2 atom stereocenters. The van der Waals surface area contributed by atoms with Gasteiger partial charge in [-0.1, -0.05) is 0 Å². The Hall–Kier alpha value is -2.85. The third-order valence-electron chi connectivity index (χ3n) is 3.14. The summed E-state index contributed by atoms with van der Waals surface area (Å²) in [6.07, 6.45) is -1.09. The number of esters is 1. The maximum Gasteiger partial charge on any atom is 0.337 e. The minimum absolute atomic E-state index is 0.0812. The van der Waals surface area contributed by atoms with Crippen LogP contribution in [-0.4, -0.2) is 46.1 Å². The lowest BCUT2D eigenvalue weighted by Gasteiger charge is -2.25. The van der Waals surface area contributed by atoms with Crippen molar-refractivity contribution in [2.45, 2.75) is 38.8 Å². The molecule has 0 fully saturated rings. The number of carbonyl (C=O) groups is 3. The number of ketones is 2. The summed E-state index contributed by atoms with van der Waals surface area (Å²) in [4.78, 5) is 54.8. The van der Waals surface area contributed by atoms with E-state index in [1.165, 1.54) is 6.92 Å². The standard InChI is InChI=1S/C12H15N3O8/c1-3-23-9(17)5-7(16)4-8-11(15(21)22)12(18)10(14(19)20)6(2)13-8/h8,11,13H,3-5H2,1-2H3/t8-,11-/m1/s1. The van der Waals surface area contributed by atoms with E-state index >= 15 is 0 Å². The number of ether oxygens (including phenoxy) is 1. The molecule has 11 heteroatoms. The molecule has 1 rings (SSSR count). The van der Waals surface area contributed by atoms with Gasteiger partial charge in [-0.15, -0.1) is 0 Å². The van der Waals surface area contributed by atoms with Gasteiger partial charge in [-0.2, -0.15) is 0 Å². The van der Waals surface area contributed by atoms with Gasteiger partial charge < -0.3 is 10.1 Å². The van der Waals surface area contributed by atoms with Crippen LogP contribution in [0.3, 0.4) is 0 Å². The van der Waals surface area contributed by atoms with E-state index in [0.29, 0.717) is 0 Å². The van der Waals surface area contributed by atoms with Crippen molar-refractivity contribution in [2.24, 2.45) is 0 Å². The number of nitrogens with zero attached hydrogens (tertiary/aromatic N) is 2. The molecule has 1 heterocycles. The van der Waals surface area contributed by atoms with Gasteiger partial charge in [0.2, 0.25) is 0 Å². The van der Waals surface area contributed by atoms with E-state index in [0.717, 1.165) is 0 Å². The lowest BCUT2D eigenvalue weighted by atomic mass is 9.92. The first-order valence-electron chi connectivity index (χ1n) is 6.65. The molecule has 0 saturated carbocycles. The molecule has 0 amide bonds. The van der Waals surface area contributed by atoms with Crippen LogP contribution in [0.2, 0.25) is 0 Å². The summed E-state index contributed by atoms with van der Waals surface area (Å²) in [5.41, 5.74) is -1.06. The molecule has 0 saturated heterocycles. The number of nitro groups is 2. The topological polar surface area (TPSA) is 159 Å². The normalized spacial score (nSPS) is 20.7. The van der Waals surface area contributed by atoms with Crippen molar-refractivity contribution in [1.82, 2.24) is 5.32 Å². The highest BCUT2D eigenvalue weighted by atomic mass is 16.6. The van der Waals surface area contributed by atoms with Gasteiger partial charge in [-0.25, -0.2) is 0 Å². The highest BCUT2D eigenvalue weighted by molar-refractivity contribution is 6.00. The third kappa shape index (κ3) is 4.31. The van der Waals surface area contributed by atoms with Gasteiger partial charge >= 0.3 is 23.5 Å². The predicted molar refractivity (Wildman–Crippen MR) is 73.3 cm³/mol. The monoisotopic (exact) mass is 329 g/mol. The Balaban J connectivity index is 2.95. The molecule has 0 aromatic carbocycles. The van der Waals surface area contributed by atoms with E-state index in [1.54, 1.807) is 6.92 Å². The average molecular weight is 329 g/mol. The van der Waals surface area contributed by atoms with Crippen LogP contribution in [0.5, 0.6) is 0 Å². The van der Waals surface area contributed by atoms with Crippen molar-refractivity contribution in [1.29, 1.82) is 0 Å². The summed E-state index contributed by atoms with van der Waals surface area (Å²) in [5.74, 6) is -2.72. The molecule has 23 heavy (non-hydrogen) atoms.